The second-order valence-electron chi connectivity index (χ2n) is 4.07. The highest BCUT2D eigenvalue weighted by Crippen LogP contribution is 2.22. The minimum Gasteiger partial charge on any atom is -0.258 e. The van der Waals surface area contributed by atoms with E-state index in [0.717, 1.165) is 12.4 Å². The van der Waals surface area contributed by atoms with Gasteiger partial charge in [0.2, 0.25) is 0 Å². The van der Waals surface area contributed by atoms with Gasteiger partial charge in [-0.1, -0.05) is 11.6 Å². The molecule has 0 aromatic carbocycles. The highest BCUT2D eigenvalue weighted by atomic mass is 35.5. The molecule has 0 unspecified atom stereocenters. The molecule has 0 saturated heterocycles. The maximum Gasteiger partial charge on any atom is 0.177 e. The van der Waals surface area contributed by atoms with Crippen LogP contribution in [0.2, 0.25) is 5.15 Å². The zero-order valence-electron chi connectivity index (χ0n) is 9.55. The molecule has 86 valence electrons. The molecule has 2 aromatic heterocycles. The third-order valence-corrected chi connectivity index (χ3v) is 2.74. The van der Waals surface area contributed by atoms with E-state index in [0.29, 0.717) is 5.15 Å². The van der Waals surface area contributed by atoms with Crippen LogP contribution in [-0.4, -0.2) is 24.5 Å². The number of nitrogens with zero attached hydrogens (tertiary/aromatic N) is 5. The molecule has 0 aliphatic rings. The average molecular weight is 240 g/mol. The Balaban J connectivity index is 2.37. The predicted octanol–water partition coefficient (Wildman–Crippen LogP) is 1.93. The summed E-state index contributed by atoms with van der Waals surface area (Å²) in [6, 6.07) is 1.75. The van der Waals surface area contributed by atoms with Crippen molar-refractivity contribution in [3.05, 3.63) is 29.6 Å². The van der Waals surface area contributed by atoms with E-state index in [1.807, 2.05) is 27.0 Å². The quantitative estimate of drug-likeness (QED) is 0.822. The zero-order chi connectivity index (χ0) is 11.8. The van der Waals surface area contributed by atoms with E-state index in [1.54, 1.807) is 21.8 Å². The molecule has 0 saturated carbocycles. The van der Waals surface area contributed by atoms with E-state index in [2.05, 4.69) is 15.2 Å². The molecule has 0 radical (unpaired) electrons. The molecule has 6 heteroatoms. The molecule has 16 heavy (non-hydrogen) atoms. The van der Waals surface area contributed by atoms with Crippen LogP contribution in [0.1, 0.15) is 26.6 Å². The van der Waals surface area contributed by atoms with E-state index in [9.17, 15) is 0 Å². The SMILES string of the molecule is CCn1cnc(C(C)(C)n2ccc(Cl)n2)n1. The number of aryl methyl sites for hydroxylation is 1. The van der Waals surface area contributed by atoms with Gasteiger partial charge >= 0.3 is 0 Å². The average Bonchev–Trinajstić information content (AvgIpc) is 2.85. The summed E-state index contributed by atoms with van der Waals surface area (Å²) < 4.78 is 3.56. The van der Waals surface area contributed by atoms with Gasteiger partial charge in [0, 0.05) is 12.7 Å². The van der Waals surface area contributed by atoms with Gasteiger partial charge in [-0.3, -0.25) is 9.36 Å². The first-order chi connectivity index (χ1) is 7.54. The first-order valence-corrected chi connectivity index (χ1v) is 5.53. The molecular formula is C10H14ClN5. The number of hydrogen-bond donors (Lipinski definition) is 0. The second kappa shape index (κ2) is 3.90. The van der Waals surface area contributed by atoms with E-state index < -0.39 is 5.54 Å². The van der Waals surface area contributed by atoms with Crippen molar-refractivity contribution in [3.8, 4) is 0 Å². The Morgan fingerprint density at radius 2 is 2.12 bits per heavy atom. The van der Waals surface area contributed by atoms with Gasteiger partial charge < -0.3 is 0 Å². The number of hydrogen-bond acceptors (Lipinski definition) is 3. The maximum atomic E-state index is 5.81. The van der Waals surface area contributed by atoms with Crippen molar-refractivity contribution >= 4 is 11.6 Å². The van der Waals surface area contributed by atoms with Crippen molar-refractivity contribution in [2.45, 2.75) is 32.9 Å². The minimum atomic E-state index is -0.395. The van der Waals surface area contributed by atoms with Gasteiger partial charge in [-0.2, -0.15) is 10.2 Å². The molecule has 2 aromatic rings. The van der Waals surface area contributed by atoms with Crippen LogP contribution in [0.5, 0.6) is 0 Å². The summed E-state index contributed by atoms with van der Waals surface area (Å²) in [5.74, 6) is 0.731. The Kier molecular flexibility index (Phi) is 2.71. The van der Waals surface area contributed by atoms with Crippen molar-refractivity contribution < 1.29 is 0 Å². The molecule has 0 aliphatic heterocycles. The first kappa shape index (κ1) is 11.1. The fraction of sp³-hybridized carbons (Fsp3) is 0.500. The van der Waals surface area contributed by atoms with Crippen LogP contribution in [0.3, 0.4) is 0 Å². The largest absolute Gasteiger partial charge is 0.258 e. The fourth-order valence-corrected chi connectivity index (χ4v) is 1.58. The van der Waals surface area contributed by atoms with E-state index in [-0.39, 0.29) is 0 Å². The highest BCUT2D eigenvalue weighted by Gasteiger charge is 2.28. The standard InChI is InChI=1S/C10H14ClN5/c1-4-15-7-12-9(14-15)10(2,3)16-6-5-8(11)13-16/h5-7H,4H2,1-3H3. The maximum absolute atomic E-state index is 5.81. The lowest BCUT2D eigenvalue weighted by Crippen LogP contribution is -2.30. The summed E-state index contributed by atoms with van der Waals surface area (Å²) >= 11 is 5.81. The Labute approximate surface area is 99.1 Å². The van der Waals surface area contributed by atoms with Crippen molar-refractivity contribution in [2.24, 2.45) is 0 Å². The highest BCUT2D eigenvalue weighted by molar-refractivity contribution is 6.29. The van der Waals surface area contributed by atoms with Crippen LogP contribution in [-0.2, 0) is 12.1 Å². The second-order valence-corrected chi connectivity index (χ2v) is 4.45. The third-order valence-electron chi connectivity index (χ3n) is 2.54. The Hall–Kier alpha value is -1.36. The van der Waals surface area contributed by atoms with Gasteiger partial charge in [-0.25, -0.2) is 4.98 Å². The molecular weight excluding hydrogens is 226 g/mol. The lowest BCUT2D eigenvalue weighted by molar-refractivity contribution is 0.366. The monoisotopic (exact) mass is 239 g/mol. The summed E-state index contributed by atoms with van der Waals surface area (Å²) in [6.07, 6.45) is 3.55. The Bertz CT molecular complexity index is 485. The predicted molar refractivity (Wildman–Crippen MR) is 61.4 cm³/mol. The fourth-order valence-electron chi connectivity index (χ4n) is 1.44. The van der Waals surface area contributed by atoms with Gasteiger partial charge in [-0.15, -0.1) is 0 Å². The van der Waals surface area contributed by atoms with E-state index in [4.69, 9.17) is 11.6 Å². The normalized spacial score (nSPS) is 12.0. The van der Waals surface area contributed by atoms with Gasteiger partial charge in [-0.05, 0) is 26.8 Å². The van der Waals surface area contributed by atoms with Gasteiger partial charge in [0.15, 0.2) is 11.0 Å². The molecule has 0 atom stereocenters. The molecule has 0 amide bonds. The smallest absolute Gasteiger partial charge is 0.177 e. The molecule has 0 aliphatic carbocycles. The topological polar surface area (TPSA) is 48.5 Å². The van der Waals surface area contributed by atoms with Crippen LogP contribution in [0.25, 0.3) is 0 Å². The lowest BCUT2D eigenvalue weighted by atomic mass is 10.1. The molecule has 5 nitrogen and oxygen atoms in total. The van der Waals surface area contributed by atoms with Gasteiger partial charge in [0.25, 0.3) is 0 Å². The summed E-state index contributed by atoms with van der Waals surface area (Å²) in [5.41, 5.74) is -0.395. The van der Waals surface area contributed by atoms with Crippen LogP contribution in [0, 0.1) is 0 Å². The lowest BCUT2D eigenvalue weighted by Gasteiger charge is -2.21. The molecule has 2 rings (SSSR count). The van der Waals surface area contributed by atoms with Crippen molar-refractivity contribution in [3.63, 3.8) is 0 Å². The molecule has 0 spiro atoms. The van der Waals surface area contributed by atoms with Crippen LogP contribution in [0.15, 0.2) is 18.6 Å². The number of aromatic nitrogens is 5. The van der Waals surface area contributed by atoms with E-state index in [1.165, 1.54) is 0 Å². The Morgan fingerprint density at radius 1 is 1.38 bits per heavy atom. The summed E-state index contributed by atoms with van der Waals surface area (Å²) in [4.78, 5) is 4.29. The summed E-state index contributed by atoms with van der Waals surface area (Å²) in [7, 11) is 0. The summed E-state index contributed by atoms with van der Waals surface area (Å²) in [6.45, 7) is 6.84. The van der Waals surface area contributed by atoms with Gasteiger partial charge in [0.1, 0.15) is 11.9 Å². The van der Waals surface area contributed by atoms with Crippen LogP contribution in [0.4, 0.5) is 0 Å². The Morgan fingerprint density at radius 3 is 2.62 bits per heavy atom. The first-order valence-electron chi connectivity index (χ1n) is 5.15. The number of halogens is 1. The summed E-state index contributed by atoms with van der Waals surface area (Å²) in [5, 5.41) is 9.05. The minimum absolute atomic E-state index is 0.395. The van der Waals surface area contributed by atoms with Crippen LogP contribution >= 0.6 is 11.6 Å². The molecule has 0 N–H and O–H groups in total. The number of rotatable bonds is 3. The molecule has 0 bridgehead atoms. The third kappa shape index (κ3) is 1.82. The molecule has 2 heterocycles. The zero-order valence-corrected chi connectivity index (χ0v) is 10.3. The van der Waals surface area contributed by atoms with E-state index >= 15 is 0 Å². The van der Waals surface area contributed by atoms with Crippen LogP contribution < -0.4 is 0 Å². The van der Waals surface area contributed by atoms with Crippen molar-refractivity contribution in [2.75, 3.05) is 0 Å². The van der Waals surface area contributed by atoms with Crippen molar-refractivity contribution in [1.82, 2.24) is 24.5 Å². The van der Waals surface area contributed by atoms with Crippen molar-refractivity contribution in [1.29, 1.82) is 0 Å². The molecule has 0 fully saturated rings. The van der Waals surface area contributed by atoms with Gasteiger partial charge in [0.05, 0.1) is 0 Å².